The van der Waals surface area contributed by atoms with Crippen LogP contribution in [0.2, 0.25) is 0 Å². The predicted octanol–water partition coefficient (Wildman–Crippen LogP) is 16.0. The Hall–Kier alpha value is -4.07. The molecule has 17 unspecified atom stereocenters. The van der Waals surface area contributed by atoms with Crippen LogP contribution >= 0.6 is 0 Å². The molecular weight excluding hydrogens is 1390 g/mol. The summed E-state index contributed by atoms with van der Waals surface area (Å²) in [5.74, 6) is -0.291. The van der Waals surface area contributed by atoms with E-state index in [4.69, 9.17) is 28.4 Å². The lowest BCUT2D eigenvalue weighted by molar-refractivity contribution is -0.379. The quantitative estimate of drug-likeness (QED) is 0.0199. The highest BCUT2D eigenvalue weighted by atomic mass is 16.8. The number of amides is 1. The lowest BCUT2D eigenvalue weighted by Gasteiger charge is -2.48. The Morgan fingerprint density at radius 1 is 0.336 bits per heavy atom. The SMILES string of the molecule is CC/C=C\C/C=C\C/C=C\C/C=C\C/C=C\C/C=C\C/C=C\C/C=C\C/C=C\CCCCCCCCCCCCCC(=O)NC(COC1OC(CO)C(OC2OC(CO)C(OC3OC(CO)C(O)C(O)C3O)C(O)C2O)C(O)C1O)C(O)/C=C/CC/C=C/CCCCCCCCCCCCCCCCCCCCCC. The summed E-state index contributed by atoms with van der Waals surface area (Å²) in [6.45, 7) is 1.62. The van der Waals surface area contributed by atoms with Gasteiger partial charge in [0.2, 0.25) is 5.91 Å². The zero-order valence-electron chi connectivity index (χ0n) is 67.9. The summed E-state index contributed by atoms with van der Waals surface area (Å²) < 4.78 is 34.5. The summed E-state index contributed by atoms with van der Waals surface area (Å²) in [4.78, 5) is 13.5. The average molecular weight is 1550 g/mol. The Balaban J connectivity index is 1.35. The molecule has 0 spiro atoms. The van der Waals surface area contributed by atoms with E-state index < -0.39 is 124 Å². The van der Waals surface area contributed by atoms with Gasteiger partial charge in [0.25, 0.3) is 0 Å². The molecule has 3 fully saturated rings. The van der Waals surface area contributed by atoms with Crippen molar-refractivity contribution in [3.8, 4) is 0 Å². The van der Waals surface area contributed by atoms with Crippen LogP contribution < -0.4 is 5.32 Å². The number of hydrogen-bond acceptors (Lipinski definition) is 18. The molecule has 632 valence electrons. The van der Waals surface area contributed by atoms with Gasteiger partial charge in [-0.15, -0.1) is 0 Å². The first-order valence-corrected chi connectivity index (χ1v) is 43.4. The topological polar surface area (TPSA) is 307 Å². The Labute approximate surface area is 664 Å². The van der Waals surface area contributed by atoms with Crippen LogP contribution in [0.3, 0.4) is 0 Å². The number of nitrogens with one attached hydrogen (secondary N) is 1. The van der Waals surface area contributed by atoms with Crippen molar-refractivity contribution in [1.82, 2.24) is 5.32 Å². The molecule has 0 aliphatic carbocycles. The number of carbonyl (C=O) groups is 1. The maximum Gasteiger partial charge on any atom is 0.220 e. The predicted molar refractivity (Wildman–Crippen MR) is 443 cm³/mol. The van der Waals surface area contributed by atoms with Gasteiger partial charge in [0.15, 0.2) is 18.9 Å². The van der Waals surface area contributed by atoms with Crippen molar-refractivity contribution in [3.05, 3.63) is 134 Å². The molecule has 110 heavy (non-hydrogen) atoms. The molecule has 3 saturated heterocycles. The monoisotopic (exact) mass is 1550 g/mol. The van der Waals surface area contributed by atoms with Crippen molar-refractivity contribution in [2.24, 2.45) is 0 Å². The van der Waals surface area contributed by atoms with E-state index in [1.807, 2.05) is 6.08 Å². The highest BCUT2D eigenvalue weighted by molar-refractivity contribution is 5.76. The molecule has 19 heteroatoms. The first kappa shape index (κ1) is 100. The summed E-state index contributed by atoms with van der Waals surface area (Å²) in [5, 5.41) is 121. The van der Waals surface area contributed by atoms with Gasteiger partial charge in [0, 0.05) is 6.42 Å². The molecule has 0 saturated carbocycles. The van der Waals surface area contributed by atoms with Gasteiger partial charge in [0.05, 0.1) is 38.6 Å². The Morgan fingerprint density at radius 3 is 1.02 bits per heavy atom. The molecule has 0 bridgehead atoms. The third-order valence-electron chi connectivity index (χ3n) is 20.7. The van der Waals surface area contributed by atoms with Crippen LogP contribution in [0, 0.1) is 0 Å². The van der Waals surface area contributed by atoms with Crippen molar-refractivity contribution in [1.29, 1.82) is 0 Å². The molecule has 1 amide bonds. The molecule has 0 aromatic heterocycles. The van der Waals surface area contributed by atoms with E-state index in [0.717, 1.165) is 109 Å². The van der Waals surface area contributed by atoms with E-state index in [9.17, 15) is 61.0 Å². The highest BCUT2D eigenvalue weighted by Gasteiger charge is 2.54. The van der Waals surface area contributed by atoms with Crippen LogP contribution in [-0.4, -0.2) is 193 Å². The zero-order valence-corrected chi connectivity index (χ0v) is 67.9. The van der Waals surface area contributed by atoms with Crippen LogP contribution in [0.5, 0.6) is 0 Å². The Kier molecular flexibility index (Phi) is 63.0. The molecule has 3 aliphatic heterocycles. The fraction of sp³-hybridized carbons (Fsp3) is 0.747. The summed E-state index contributed by atoms with van der Waals surface area (Å²) >= 11 is 0. The van der Waals surface area contributed by atoms with Crippen LogP contribution in [0.4, 0.5) is 0 Å². The number of rotatable bonds is 68. The standard InChI is InChI=1S/C91H155NO18/c1-3-5-7-9-11-13-15-17-19-21-23-25-27-29-31-32-33-34-35-36-37-38-39-40-41-42-43-45-47-49-51-53-55-57-59-61-63-65-67-69-79(97)92-74(75(96)68-66-64-62-60-58-56-54-52-50-48-46-44-30-28-26-24-22-20-18-16-14-12-10-8-6-4-2)73-105-89-85(103)82(100)87(77(71-94)107-89)110-91-86(104)83(101)88(78(72-95)108-91)109-90-84(102)81(99)80(98)76(70-93)106-90/h5,7,11,13,17,19,23,25,29,31,33-34,36-37,39-40,42-43,58,60,66,68,74-78,80-91,93-96,98-104H,3-4,6,8-10,12,14-16,18,20-22,24,26-28,30,32,35,38,41,44-57,59,61-65,67,69-73H2,1-2H3,(H,92,97)/b7-5-,13-11-,19-17-,25-23-,31-29-,34-33-,37-36-,40-39-,43-42-,60-58+,68-66+. The molecule has 0 radical (unpaired) electrons. The molecular formula is C91H155NO18. The first-order chi connectivity index (χ1) is 53.8. The van der Waals surface area contributed by atoms with E-state index in [1.165, 1.54) is 161 Å². The van der Waals surface area contributed by atoms with Crippen LogP contribution in [0.1, 0.15) is 303 Å². The third kappa shape index (κ3) is 47.7. The van der Waals surface area contributed by atoms with Crippen LogP contribution in [0.25, 0.3) is 0 Å². The van der Waals surface area contributed by atoms with E-state index in [0.29, 0.717) is 12.8 Å². The molecule has 0 aromatic rings. The molecule has 19 nitrogen and oxygen atoms in total. The molecule has 0 aromatic carbocycles. The van der Waals surface area contributed by atoms with Gasteiger partial charge in [-0.1, -0.05) is 327 Å². The summed E-state index contributed by atoms with van der Waals surface area (Å²) in [6.07, 6.45) is 73.0. The minimum atomic E-state index is -1.99. The second-order valence-electron chi connectivity index (χ2n) is 30.3. The minimum Gasteiger partial charge on any atom is -0.394 e. The zero-order chi connectivity index (χ0) is 79.5. The maximum atomic E-state index is 13.5. The van der Waals surface area contributed by atoms with Gasteiger partial charge in [0.1, 0.15) is 73.2 Å². The smallest absolute Gasteiger partial charge is 0.220 e. The number of aliphatic hydroxyl groups is 11. The van der Waals surface area contributed by atoms with E-state index in [-0.39, 0.29) is 18.9 Å². The van der Waals surface area contributed by atoms with Gasteiger partial charge in [-0.05, 0) is 103 Å². The summed E-state index contributed by atoms with van der Waals surface area (Å²) in [5.41, 5.74) is 0. The second kappa shape index (κ2) is 69.3. The van der Waals surface area contributed by atoms with E-state index in [1.54, 1.807) is 6.08 Å². The second-order valence-corrected chi connectivity index (χ2v) is 30.3. The fourth-order valence-electron chi connectivity index (χ4n) is 13.8. The Morgan fingerprint density at radius 2 is 0.636 bits per heavy atom. The summed E-state index contributed by atoms with van der Waals surface area (Å²) in [6, 6.07) is -1.00. The van der Waals surface area contributed by atoms with Gasteiger partial charge in [-0.2, -0.15) is 0 Å². The highest BCUT2D eigenvalue weighted by Crippen LogP contribution is 2.33. The minimum absolute atomic E-state index is 0.224. The maximum absolute atomic E-state index is 13.5. The van der Waals surface area contributed by atoms with Gasteiger partial charge in [-0.3, -0.25) is 4.79 Å². The van der Waals surface area contributed by atoms with Crippen molar-refractivity contribution in [3.63, 3.8) is 0 Å². The van der Waals surface area contributed by atoms with Crippen molar-refractivity contribution in [2.45, 2.75) is 407 Å². The van der Waals surface area contributed by atoms with Crippen molar-refractivity contribution < 1.29 is 89.4 Å². The molecule has 3 rings (SSSR count). The average Bonchev–Trinajstić information content (AvgIpc) is 0.780. The third-order valence-corrected chi connectivity index (χ3v) is 20.7. The number of allylic oxidation sites excluding steroid dienone is 21. The van der Waals surface area contributed by atoms with Crippen LogP contribution in [-0.2, 0) is 33.2 Å². The number of aliphatic hydroxyl groups excluding tert-OH is 11. The fourth-order valence-corrected chi connectivity index (χ4v) is 13.8. The normalized spacial score (nSPS) is 25.8. The van der Waals surface area contributed by atoms with Gasteiger partial charge >= 0.3 is 0 Å². The molecule has 3 aliphatic rings. The lowest BCUT2D eigenvalue weighted by Crippen LogP contribution is -2.66. The first-order valence-electron chi connectivity index (χ1n) is 43.4. The lowest BCUT2D eigenvalue weighted by atomic mass is 9.96. The molecule has 3 heterocycles. The molecule has 17 atom stereocenters. The van der Waals surface area contributed by atoms with Gasteiger partial charge < -0.3 is 89.9 Å². The number of carbonyl (C=O) groups excluding carboxylic acids is 1. The van der Waals surface area contributed by atoms with Crippen molar-refractivity contribution >= 4 is 5.91 Å². The van der Waals surface area contributed by atoms with Crippen molar-refractivity contribution in [2.75, 3.05) is 26.4 Å². The van der Waals surface area contributed by atoms with E-state index in [2.05, 4.69) is 141 Å². The molecule has 12 N–H and O–H groups in total. The van der Waals surface area contributed by atoms with E-state index >= 15 is 0 Å². The van der Waals surface area contributed by atoms with Crippen LogP contribution in [0.15, 0.2) is 134 Å². The largest absolute Gasteiger partial charge is 0.394 e. The number of hydrogen-bond donors (Lipinski definition) is 12. The number of ether oxygens (including phenoxy) is 6. The summed E-state index contributed by atoms with van der Waals surface area (Å²) in [7, 11) is 0. The van der Waals surface area contributed by atoms with Gasteiger partial charge in [-0.25, -0.2) is 0 Å². The Bertz CT molecular complexity index is 2510. The number of unbranched alkanes of at least 4 members (excludes halogenated alkanes) is 32.